The first-order valence-electron chi connectivity index (χ1n) is 8.31. The van der Waals surface area contributed by atoms with Crippen LogP contribution in [0.25, 0.3) is 0 Å². The van der Waals surface area contributed by atoms with Crippen molar-refractivity contribution < 1.29 is 22.7 Å². The number of rotatable bonds is 8. The van der Waals surface area contributed by atoms with Crippen LogP contribution in [0.15, 0.2) is 48.5 Å². The van der Waals surface area contributed by atoms with E-state index in [4.69, 9.17) is 9.47 Å². The number of nitrogens with zero attached hydrogens (tertiary/aromatic N) is 1. The number of para-hydroxylation sites is 1. The van der Waals surface area contributed by atoms with Crippen LogP contribution in [-0.2, 0) is 14.8 Å². The smallest absolute Gasteiger partial charge is 0.258 e. The predicted octanol–water partition coefficient (Wildman–Crippen LogP) is 2.35. The number of hydrogen-bond donors (Lipinski definition) is 1. The minimum Gasteiger partial charge on any atom is -0.496 e. The fourth-order valence-electron chi connectivity index (χ4n) is 2.48. The maximum atomic E-state index is 12.1. The summed E-state index contributed by atoms with van der Waals surface area (Å²) in [5.74, 6) is 0.906. The van der Waals surface area contributed by atoms with E-state index in [1.54, 1.807) is 31.4 Å². The van der Waals surface area contributed by atoms with E-state index in [9.17, 15) is 13.2 Å². The molecule has 0 saturated heterocycles. The molecular formula is C19H24N2O5S. The number of hydrogen-bond acceptors (Lipinski definition) is 5. The highest BCUT2D eigenvalue weighted by Crippen LogP contribution is 2.24. The van der Waals surface area contributed by atoms with E-state index in [2.05, 4.69) is 5.32 Å². The highest BCUT2D eigenvalue weighted by Gasteiger charge is 2.14. The summed E-state index contributed by atoms with van der Waals surface area (Å²) >= 11 is 0. The van der Waals surface area contributed by atoms with Gasteiger partial charge < -0.3 is 14.8 Å². The molecular weight excluding hydrogens is 368 g/mol. The fourth-order valence-corrected chi connectivity index (χ4v) is 2.98. The summed E-state index contributed by atoms with van der Waals surface area (Å²) in [6, 6.07) is 13.7. The summed E-state index contributed by atoms with van der Waals surface area (Å²) in [6.07, 6.45) is 1.13. The monoisotopic (exact) mass is 392 g/mol. The lowest BCUT2D eigenvalue weighted by Crippen LogP contribution is -2.31. The standard InChI is InChI=1S/C19H24N2O5S/c1-14(17-7-5-6-8-18(17)25-3)20-19(22)13-26-16-11-9-15(10-12-16)21(2)27(4,23)24/h5-12,14H,13H2,1-4H3,(H,20,22)/t14-/m0/s1. The highest BCUT2D eigenvalue weighted by atomic mass is 32.2. The van der Waals surface area contributed by atoms with E-state index in [1.807, 2.05) is 31.2 Å². The summed E-state index contributed by atoms with van der Waals surface area (Å²) in [6.45, 7) is 1.71. The van der Waals surface area contributed by atoms with E-state index in [-0.39, 0.29) is 18.6 Å². The van der Waals surface area contributed by atoms with Crippen molar-refractivity contribution in [2.24, 2.45) is 0 Å². The summed E-state index contributed by atoms with van der Waals surface area (Å²) in [5.41, 5.74) is 1.39. The van der Waals surface area contributed by atoms with Gasteiger partial charge in [0.1, 0.15) is 11.5 Å². The van der Waals surface area contributed by atoms with Crippen LogP contribution < -0.4 is 19.1 Å². The average Bonchev–Trinajstić information content (AvgIpc) is 2.65. The lowest BCUT2D eigenvalue weighted by Gasteiger charge is -2.18. The van der Waals surface area contributed by atoms with Gasteiger partial charge in [-0.05, 0) is 37.3 Å². The minimum absolute atomic E-state index is 0.152. The van der Waals surface area contributed by atoms with Gasteiger partial charge in [0, 0.05) is 12.6 Å². The summed E-state index contributed by atoms with van der Waals surface area (Å²) in [4.78, 5) is 12.1. The molecule has 0 heterocycles. The molecule has 1 N–H and O–H groups in total. The molecule has 2 rings (SSSR count). The maximum absolute atomic E-state index is 12.1. The maximum Gasteiger partial charge on any atom is 0.258 e. The molecule has 1 amide bonds. The van der Waals surface area contributed by atoms with E-state index >= 15 is 0 Å². The third kappa shape index (κ3) is 5.62. The molecule has 0 aliphatic carbocycles. The second kappa shape index (κ2) is 8.77. The van der Waals surface area contributed by atoms with Crippen molar-refractivity contribution in [2.45, 2.75) is 13.0 Å². The first-order valence-corrected chi connectivity index (χ1v) is 10.2. The van der Waals surface area contributed by atoms with Crippen LogP contribution in [0.2, 0.25) is 0 Å². The van der Waals surface area contributed by atoms with Gasteiger partial charge in [-0.15, -0.1) is 0 Å². The van der Waals surface area contributed by atoms with Gasteiger partial charge in [-0.25, -0.2) is 8.42 Å². The molecule has 1 atom stereocenters. The topological polar surface area (TPSA) is 84.9 Å². The van der Waals surface area contributed by atoms with Gasteiger partial charge in [0.2, 0.25) is 10.0 Å². The fraction of sp³-hybridized carbons (Fsp3) is 0.316. The Morgan fingerprint density at radius 2 is 1.78 bits per heavy atom. The molecule has 0 aromatic heterocycles. The lowest BCUT2D eigenvalue weighted by molar-refractivity contribution is -0.123. The van der Waals surface area contributed by atoms with E-state index in [1.165, 1.54) is 11.4 Å². The van der Waals surface area contributed by atoms with Crippen molar-refractivity contribution >= 4 is 21.6 Å². The zero-order valence-electron chi connectivity index (χ0n) is 15.8. The molecule has 146 valence electrons. The largest absolute Gasteiger partial charge is 0.496 e. The van der Waals surface area contributed by atoms with Crippen molar-refractivity contribution in [3.05, 3.63) is 54.1 Å². The van der Waals surface area contributed by atoms with Gasteiger partial charge in [-0.1, -0.05) is 18.2 Å². The van der Waals surface area contributed by atoms with Crippen molar-refractivity contribution in [2.75, 3.05) is 31.3 Å². The van der Waals surface area contributed by atoms with Gasteiger partial charge in [0.05, 0.1) is 25.1 Å². The zero-order valence-corrected chi connectivity index (χ0v) is 16.6. The molecule has 0 bridgehead atoms. The van der Waals surface area contributed by atoms with Crippen molar-refractivity contribution in [1.29, 1.82) is 0 Å². The van der Waals surface area contributed by atoms with Crippen molar-refractivity contribution in [3.63, 3.8) is 0 Å². The molecule has 2 aromatic rings. The lowest BCUT2D eigenvalue weighted by atomic mass is 10.1. The summed E-state index contributed by atoms with van der Waals surface area (Å²) in [5, 5.41) is 2.86. The van der Waals surface area contributed by atoms with Crippen LogP contribution in [0.1, 0.15) is 18.5 Å². The molecule has 7 nitrogen and oxygen atoms in total. The first-order chi connectivity index (χ1) is 12.7. The summed E-state index contributed by atoms with van der Waals surface area (Å²) in [7, 11) is -0.267. The third-order valence-corrected chi connectivity index (χ3v) is 5.26. The minimum atomic E-state index is -3.32. The first kappa shape index (κ1) is 20.6. The Morgan fingerprint density at radius 1 is 1.15 bits per heavy atom. The number of ether oxygens (including phenoxy) is 2. The molecule has 0 aliphatic heterocycles. The molecule has 0 fully saturated rings. The van der Waals surface area contributed by atoms with Gasteiger partial charge >= 0.3 is 0 Å². The normalized spacial score (nSPS) is 12.1. The molecule has 0 saturated carbocycles. The number of methoxy groups -OCH3 is 1. The Kier molecular flexibility index (Phi) is 6.68. The Labute approximate surface area is 160 Å². The number of sulfonamides is 1. The van der Waals surface area contributed by atoms with Crippen molar-refractivity contribution in [1.82, 2.24) is 5.32 Å². The van der Waals surface area contributed by atoms with Gasteiger partial charge in [-0.2, -0.15) is 0 Å². The molecule has 0 spiro atoms. The van der Waals surface area contributed by atoms with E-state index in [0.717, 1.165) is 11.8 Å². The van der Waals surface area contributed by atoms with Crippen LogP contribution in [0.4, 0.5) is 5.69 Å². The van der Waals surface area contributed by atoms with Crippen LogP contribution in [0.3, 0.4) is 0 Å². The average molecular weight is 392 g/mol. The van der Waals surface area contributed by atoms with Gasteiger partial charge in [0.25, 0.3) is 5.91 Å². The third-order valence-electron chi connectivity index (χ3n) is 4.05. The van der Waals surface area contributed by atoms with Crippen LogP contribution in [0, 0.1) is 0 Å². The Balaban J connectivity index is 1.92. The number of nitrogens with one attached hydrogen (secondary N) is 1. The molecule has 27 heavy (non-hydrogen) atoms. The van der Waals surface area contributed by atoms with E-state index < -0.39 is 10.0 Å². The Morgan fingerprint density at radius 3 is 2.37 bits per heavy atom. The Bertz CT molecular complexity index is 881. The predicted molar refractivity (Wildman–Crippen MR) is 105 cm³/mol. The number of amides is 1. The summed E-state index contributed by atoms with van der Waals surface area (Å²) < 4.78 is 35.0. The second-order valence-corrected chi connectivity index (χ2v) is 8.06. The number of carbonyl (C=O) groups is 1. The zero-order chi connectivity index (χ0) is 20.0. The second-order valence-electron chi connectivity index (χ2n) is 6.04. The molecule has 0 aliphatic rings. The van der Waals surface area contributed by atoms with E-state index in [0.29, 0.717) is 17.2 Å². The van der Waals surface area contributed by atoms with Crippen LogP contribution in [0.5, 0.6) is 11.5 Å². The number of benzene rings is 2. The molecule has 0 radical (unpaired) electrons. The van der Waals surface area contributed by atoms with Crippen LogP contribution in [-0.4, -0.2) is 41.3 Å². The highest BCUT2D eigenvalue weighted by molar-refractivity contribution is 7.92. The van der Waals surface area contributed by atoms with Crippen LogP contribution >= 0.6 is 0 Å². The molecule has 2 aromatic carbocycles. The van der Waals surface area contributed by atoms with Crippen molar-refractivity contribution in [3.8, 4) is 11.5 Å². The molecule has 8 heteroatoms. The quantitative estimate of drug-likeness (QED) is 0.745. The van der Waals surface area contributed by atoms with Gasteiger partial charge in [-0.3, -0.25) is 9.10 Å². The SMILES string of the molecule is COc1ccccc1[C@H](C)NC(=O)COc1ccc(N(C)S(C)(=O)=O)cc1. The number of carbonyl (C=O) groups excluding carboxylic acids is 1. The van der Waals surface area contributed by atoms with Gasteiger partial charge in [0.15, 0.2) is 6.61 Å². The number of anilines is 1. The Hall–Kier alpha value is -2.74. The molecule has 0 unspecified atom stereocenters.